The highest BCUT2D eigenvalue weighted by Gasteiger charge is 2.10. The van der Waals surface area contributed by atoms with Crippen molar-refractivity contribution >= 4 is 6.29 Å². The third-order valence-electron chi connectivity index (χ3n) is 0.704. The zero-order chi connectivity index (χ0) is 6.57. The molecule has 0 saturated heterocycles. The molecule has 1 unspecified atom stereocenters. The molecule has 0 aromatic rings. The third kappa shape index (κ3) is 2.02. The van der Waals surface area contributed by atoms with Crippen molar-refractivity contribution in [2.45, 2.75) is 12.3 Å². The SMILES string of the molecule is [CH2]NC(C=O)C(O)O. The molecule has 4 nitrogen and oxygen atoms in total. The molecule has 0 heterocycles. The predicted molar refractivity (Wildman–Crippen MR) is 26.6 cm³/mol. The van der Waals surface area contributed by atoms with Crippen LogP contribution in [0.4, 0.5) is 0 Å². The summed E-state index contributed by atoms with van der Waals surface area (Å²) in [6.45, 7) is 0. The van der Waals surface area contributed by atoms with Crippen LogP contribution in [0.2, 0.25) is 0 Å². The molecule has 0 aliphatic carbocycles. The molecule has 0 aromatic carbocycles. The summed E-state index contributed by atoms with van der Waals surface area (Å²) in [5, 5.41) is 18.6. The van der Waals surface area contributed by atoms with Gasteiger partial charge in [0, 0.05) is 7.05 Å². The molecule has 0 bridgehead atoms. The Balaban J connectivity index is 3.51. The van der Waals surface area contributed by atoms with E-state index in [1.165, 1.54) is 0 Å². The second kappa shape index (κ2) is 3.54. The second-order valence-electron chi connectivity index (χ2n) is 1.28. The Morgan fingerprint density at radius 1 is 1.62 bits per heavy atom. The number of aliphatic hydroxyl groups excluding tert-OH is 1. The fourth-order valence-electron chi connectivity index (χ4n) is 0.224. The Labute approximate surface area is 47.1 Å². The van der Waals surface area contributed by atoms with Crippen molar-refractivity contribution < 1.29 is 15.0 Å². The van der Waals surface area contributed by atoms with Gasteiger partial charge < -0.3 is 20.3 Å². The normalized spacial score (nSPS) is 14.0. The summed E-state index contributed by atoms with van der Waals surface area (Å²) in [5.41, 5.74) is 0. The van der Waals surface area contributed by atoms with Crippen molar-refractivity contribution in [1.29, 1.82) is 0 Å². The van der Waals surface area contributed by atoms with Gasteiger partial charge >= 0.3 is 0 Å². The third-order valence-corrected chi connectivity index (χ3v) is 0.704. The highest BCUT2D eigenvalue weighted by Crippen LogP contribution is 1.81. The first-order valence-corrected chi connectivity index (χ1v) is 2.06. The van der Waals surface area contributed by atoms with E-state index < -0.39 is 12.3 Å². The van der Waals surface area contributed by atoms with E-state index in [4.69, 9.17) is 10.2 Å². The lowest BCUT2D eigenvalue weighted by Crippen LogP contribution is -2.37. The zero-order valence-electron chi connectivity index (χ0n) is 4.24. The first-order chi connectivity index (χ1) is 3.72. The lowest BCUT2D eigenvalue weighted by molar-refractivity contribution is -0.121. The van der Waals surface area contributed by atoms with Crippen molar-refractivity contribution in [1.82, 2.24) is 5.32 Å². The first kappa shape index (κ1) is 7.55. The van der Waals surface area contributed by atoms with Crippen LogP contribution in [0.3, 0.4) is 0 Å². The molecule has 8 heavy (non-hydrogen) atoms. The average Bonchev–Trinajstić information content (AvgIpc) is 1.69. The number of aldehydes is 1. The van der Waals surface area contributed by atoms with E-state index in [9.17, 15) is 4.79 Å². The van der Waals surface area contributed by atoms with Crippen LogP contribution >= 0.6 is 0 Å². The Hall–Kier alpha value is -0.450. The van der Waals surface area contributed by atoms with Crippen LogP contribution in [-0.2, 0) is 4.79 Å². The van der Waals surface area contributed by atoms with Gasteiger partial charge in [-0.3, -0.25) is 0 Å². The summed E-state index contributed by atoms with van der Waals surface area (Å²) in [4.78, 5) is 9.76. The molecule has 0 saturated carbocycles. The van der Waals surface area contributed by atoms with Gasteiger partial charge in [-0.15, -0.1) is 0 Å². The van der Waals surface area contributed by atoms with Crippen LogP contribution in [0.5, 0.6) is 0 Å². The second-order valence-corrected chi connectivity index (χ2v) is 1.28. The monoisotopic (exact) mass is 118 g/mol. The molecule has 1 atom stereocenters. The lowest BCUT2D eigenvalue weighted by Gasteiger charge is -2.08. The van der Waals surface area contributed by atoms with Gasteiger partial charge in [-0.1, -0.05) is 0 Å². The molecule has 4 heteroatoms. The number of hydrogen-bond acceptors (Lipinski definition) is 4. The molecule has 0 aliphatic rings. The van der Waals surface area contributed by atoms with Crippen LogP contribution in [0.15, 0.2) is 0 Å². The van der Waals surface area contributed by atoms with Gasteiger partial charge in [0.2, 0.25) is 0 Å². The van der Waals surface area contributed by atoms with E-state index in [0.717, 1.165) is 0 Å². The number of nitrogens with one attached hydrogen (secondary N) is 1. The maximum Gasteiger partial charge on any atom is 0.174 e. The molecular formula is C4H8NO3. The van der Waals surface area contributed by atoms with Crippen molar-refractivity contribution in [3.8, 4) is 0 Å². The zero-order valence-corrected chi connectivity index (χ0v) is 4.24. The molecule has 0 spiro atoms. The van der Waals surface area contributed by atoms with E-state index in [0.29, 0.717) is 6.29 Å². The quantitative estimate of drug-likeness (QED) is 0.303. The largest absolute Gasteiger partial charge is 0.366 e. The smallest absolute Gasteiger partial charge is 0.174 e. The number of rotatable bonds is 3. The van der Waals surface area contributed by atoms with Gasteiger partial charge in [-0.2, -0.15) is 0 Å². The van der Waals surface area contributed by atoms with Crippen molar-refractivity contribution in [2.24, 2.45) is 0 Å². The predicted octanol–water partition coefficient (Wildman–Crippen LogP) is -1.75. The maximum atomic E-state index is 9.76. The summed E-state index contributed by atoms with van der Waals surface area (Å²) in [5.74, 6) is 0. The minimum atomic E-state index is -1.66. The fourth-order valence-corrected chi connectivity index (χ4v) is 0.224. The van der Waals surface area contributed by atoms with Crippen molar-refractivity contribution in [3.63, 3.8) is 0 Å². The number of hydrogen-bond donors (Lipinski definition) is 3. The van der Waals surface area contributed by atoms with Crippen molar-refractivity contribution in [3.05, 3.63) is 7.05 Å². The lowest BCUT2D eigenvalue weighted by atomic mass is 10.3. The number of carbonyl (C=O) groups excluding carboxylic acids is 1. The van der Waals surface area contributed by atoms with E-state index in [-0.39, 0.29) is 0 Å². The molecule has 47 valence electrons. The van der Waals surface area contributed by atoms with E-state index in [1.807, 2.05) is 0 Å². The average molecular weight is 118 g/mol. The van der Waals surface area contributed by atoms with Gasteiger partial charge in [0.05, 0.1) is 0 Å². The Morgan fingerprint density at radius 3 is 2.12 bits per heavy atom. The molecule has 0 rings (SSSR count). The summed E-state index contributed by atoms with van der Waals surface area (Å²) in [7, 11) is 3.08. The van der Waals surface area contributed by atoms with E-state index in [1.54, 1.807) is 0 Å². The highest BCUT2D eigenvalue weighted by atomic mass is 16.5. The number of aliphatic hydroxyl groups is 2. The van der Waals surface area contributed by atoms with E-state index in [2.05, 4.69) is 12.4 Å². The molecule has 0 fully saturated rings. The molecule has 1 radical (unpaired) electrons. The maximum absolute atomic E-state index is 9.76. The van der Waals surface area contributed by atoms with Crippen LogP contribution in [0.25, 0.3) is 0 Å². The number of carbonyl (C=O) groups is 1. The van der Waals surface area contributed by atoms with Gasteiger partial charge in [0.1, 0.15) is 12.3 Å². The van der Waals surface area contributed by atoms with Crippen LogP contribution in [-0.4, -0.2) is 28.8 Å². The summed E-state index contributed by atoms with van der Waals surface area (Å²) in [6.07, 6.45) is -1.29. The summed E-state index contributed by atoms with van der Waals surface area (Å²) in [6, 6.07) is -0.977. The molecular weight excluding hydrogens is 110 g/mol. The Kier molecular flexibility index (Phi) is 3.34. The van der Waals surface area contributed by atoms with Gasteiger partial charge in [-0.05, 0) is 0 Å². The van der Waals surface area contributed by atoms with Gasteiger partial charge in [0.25, 0.3) is 0 Å². The topological polar surface area (TPSA) is 69.6 Å². The van der Waals surface area contributed by atoms with Gasteiger partial charge in [0.15, 0.2) is 6.29 Å². The van der Waals surface area contributed by atoms with Crippen molar-refractivity contribution in [2.75, 3.05) is 0 Å². The molecule has 3 N–H and O–H groups in total. The molecule has 0 aliphatic heterocycles. The molecule has 0 amide bonds. The minimum Gasteiger partial charge on any atom is -0.366 e. The van der Waals surface area contributed by atoms with Crippen LogP contribution in [0, 0.1) is 7.05 Å². The highest BCUT2D eigenvalue weighted by molar-refractivity contribution is 5.58. The fraction of sp³-hybridized carbons (Fsp3) is 0.500. The minimum absolute atomic E-state index is 0.373. The Morgan fingerprint density at radius 2 is 2.12 bits per heavy atom. The van der Waals surface area contributed by atoms with E-state index >= 15 is 0 Å². The summed E-state index contributed by atoms with van der Waals surface area (Å²) < 4.78 is 0. The standard InChI is InChI=1S/C4H8NO3/c1-5-3(2-6)4(7)8/h2-5,7-8H,1H2. The van der Waals surface area contributed by atoms with Crippen LogP contribution in [0.1, 0.15) is 0 Å². The summed E-state index contributed by atoms with van der Waals surface area (Å²) >= 11 is 0. The van der Waals surface area contributed by atoms with Gasteiger partial charge in [-0.25, -0.2) is 0 Å². The Bertz CT molecular complexity index is 73.7. The van der Waals surface area contributed by atoms with Crippen LogP contribution < -0.4 is 5.32 Å². The molecule has 0 aromatic heterocycles. The first-order valence-electron chi connectivity index (χ1n) is 2.06.